The largest absolute Gasteiger partial charge is 0.331 e. The lowest BCUT2D eigenvalue weighted by atomic mass is 10.2. The molecular formula is C13H16ClN3O3S. The number of rotatable bonds is 5. The molecule has 0 aliphatic carbocycles. The summed E-state index contributed by atoms with van der Waals surface area (Å²) >= 11 is 0. The van der Waals surface area contributed by atoms with Crippen molar-refractivity contribution < 1.29 is 8.42 Å². The van der Waals surface area contributed by atoms with Crippen LogP contribution in [0.1, 0.15) is 25.6 Å². The average molecular weight is 330 g/mol. The number of aromatic nitrogens is 3. The monoisotopic (exact) mass is 329 g/mol. The van der Waals surface area contributed by atoms with Crippen LogP contribution < -0.4 is 5.56 Å². The molecule has 2 rings (SSSR count). The van der Waals surface area contributed by atoms with Crippen molar-refractivity contribution in [2.24, 2.45) is 0 Å². The molecule has 0 amide bonds. The molecule has 0 N–H and O–H groups in total. The second-order valence-corrected chi connectivity index (χ2v) is 7.47. The molecule has 0 aromatic carbocycles. The highest BCUT2D eigenvalue weighted by Crippen LogP contribution is 2.19. The van der Waals surface area contributed by atoms with Crippen LogP contribution in [0.3, 0.4) is 0 Å². The lowest BCUT2D eigenvalue weighted by Gasteiger charge is -2.11. The molecule has 0 atom stereocenters. The second-order valence-electron chi connectivity index (χ2n) is 4.96. The van der Waals surface area contributed by atoms with E-state index in [1.165, 1.54) is 12.3 Å². The van der Waals surface area contributed by atoms with Gasteiger partial charge in [0.25, 0.3) is 14.6 Å². The Labute approximate surface area is 127 Å². The fourth-order valence-corrected chi connectivity index (χ4v) is 2.70. The minimum absolute atomic E-state index is 0.0460. The highest BCUT2D eigenvalue weighted by Gasteiger charge is 2.19. The van der Waals surface area contributed by atoms with Crippen LogP contribution in [-0.4, -0.2) is 22.5 Å². The molecule has 0 spiro atoms. The van der Waals surface area contributed by atoms with Crippen LogP contribution in [0.4, 0.5) is 0 Å². The van der Waals surface area contributed by atoms with E-state index in [4.69, 9.17) is 10.7 Å². The van der Waals surface area contributed by atoms with Crippen molar-refractivity contribution >= 4 is 19.7 Å². The summed E-state index contributed by atoms with van der Waals surface area (Å²) in [5.74, 6) is 0.669. The van der Waals surface area contributed by atoms with Gasteiger partial charge in [0.2, 0.25) is 0 Å². The Bertz CT molecular complexity index is 793. The first-order valence-corrected chi connectivity index (χ1v) is 8.77. The second kappa shape index (κ2) is 6.03. The Morgan fingerprint density at radius 1 is 1.24 bits per heavy atom. The topological polar surface area (TPSA) is 74.0 Å². The third-order valence-electron chi connectivity index (χ3n) is 3.03. The molecule has 2 aromatic heterocycles. The van der Waals surface area contributed by atoms with Gasteiger partial charge in [-0.05, 0) is 6.07 Å². The number of imidazole rings is 1. The Hall–Kier alpha value is -1.60. The van der Waals surface area contributed by atoms with Crippen molar-refractivity contribution in [2.45, 2.75) is 37.9 Å². The van der Waals surface area contributed by atoms with E-state index in [-0.39, 0.29) is 16.5 Å². The lowest BCUT2D eigenvalue weighted by molar-refractivity contribution is 0.536. The fourth-order valence-electron chi connectivity index (χ4n) is 2.02. The maximum atomic E-state index is 11.6. The molecule has 114 valence electrons. The summed E-state index contributed by atoms with van der Waals surface area (Å²) in [5, 5.41) is -0.159. The quantitative estimate of drug-likeness (QED) is 0.784. The number of aryl methyl sites for hydroxylation is 2. The fraction of sp³-hybridized carbons (Fsp3) is 0.385. The van der Waals surface area contributed by atoms with Gasteiger partial charge in [0, 0.05) is 48.1 Å². The Morgan fingerprint density at radius 3 is 2.48 bits per heavy atom. The van der Waals surface area contributed by atoms with Crippen molar-refractivity contribution in [3.63, 3.8) is 0 Å². The van der Waals surface area contributed by atoms with Gasteiger partial charge in [0.05, 0.1) is 0 Å². The van der Waals surface area contributed by atoms with E-state index in [0.29, 0.717) is 18.9 Å². The summed E-state index contributed by atoms with van der Waals surface area (Å²) in [5.41, 5.74) is -0.103. The van der Waals surface area contributed by atoms with E-state index < -0.39 is 9.05 Å². The average Bonchev–Trinajstić information content (AvgIpc) is 2.82. The van der Waals surface area contributed by atoms with Gasteiger partial charge in [-0.25, -0.2) is 13.4 Å². The van der Waals surface area contributed by atoms with Crippen molar-refractivity contribution in [2.75, 3.05) is 0 Å². The molecular weight excluding hydrogens is 314 g/mol. The van der Waals surface area contributed by atoms with Gasteiger partial charge in [-0.3, -0.25) is 4.79 Å². The third-order valence-corrected chi connectivity index (χ3v) is 4.20. The molecule has 0 aliphatic rings. The zero-order chi connectivity index (χ0) is 15.6. The van der Waals surface area contributed by atoms with Crippen LogP contribution in [0.2, 0.25) is 0 Å². The SMILES string of the molecule is CC(C)c1nc(S(=O)(=O)Cl)cn1CCn1ccccc1=O. The summed E-state index contributed by atoms with van der Waals surface area (Å²) < 4.78 is 26.0. The van der Waals surface area contributed by atoms with Crippen LogP contribution in [0.5, 0.6) is 0 Å². The normalized spacial score (nSPS) is 12.0. The predicted molar refractivity (Wildman–Crippen MR) is 80.1 cm³/mol. The van der Waals surface area contributed by atoms with Gasteiger partial charge in [0.15, 0.2) is 5.03 Å². The molecule has 0 saturated carbocycles. The molecule has 0 unspecified atom stereocenters. The number of nitrogens with zero attached hydrogens (tertiary/aromatic N) is 3. The lowest BCUT2D eigenvalue weighted by Crippen LogP contribution is -2.21. The first-order valence-electron chi connectivity index (χ1n) is 6.46. The first-order chi connectivity index (χ1) is 9.79. The number of pyridine rings is 1. The van der Waals surface area contributed by atoms with Gasteiger partial charge in [-0.15, -0.1) is 0 Å². The van der Waals surface area contributed by atoms with Crippen molar-refractivity contribution in [1.29, 1.82) is 0 Å². The molecule has 0 saturated heterocycles. The zero-order valence-electron chi connectivity index (χ0n) is 11.7. The van der Waals surface area contributed by atoms with Gasteiger partial charge in [0.1, 0.15) is 5.82 Å². The molecule has 6 nitrogen and oxygen atoms in total. The van der Waals surface area contributed by atoms with E-state index in [1.54, 1.807) is 27.5 Å². The van der Waals surface area contributed by atoms with Crippen molar-refractivity contribution in [3.05, 3.63) is 46.8 Å². The third kappa shape index (κ3) is 3.74. The van der Waals surface area contributed by atoms with E-state index in [0.717, 1.165) is 0 Å². The van der Waals surface area contributed by atoms with Gasteiger partial charge >= 0.3 is 0 Å². The Balaban J connectivity index is 2.29. The Kier molecular flexibility index (Phi) is 4.53. The standard InChI is InChI=1S/C13H16ClN3O3S/c1-10(2)13-15-11(21(14,19)20)9-17(13)8-7-16-6-4-3-5-12(16)18/h3-6,9-10H,7-8H2,1-2H3. The van der Waals surface area contributed by atoms with E-state index in [9.17, 15) is 13.2 Å². The molecule has 0 fully saturated rings. The van der Waals surface area contributed by atoms with E-state index in [2.05, 4.69) is 4.98 Å². The van der Waals surface area contributed by atoms with Crippen LogP contribution in [0.25, 0.3) is 0 Å². The maximum Gasteiger partial charge on any atom is 0.280 e. The van der Waals surface area contributed by atoms with E-state index in [1.807, 2.05) is 13.8 Å². The molecule has 0 aliphatic heterocycles. The van der Waals surface area contributed by atoms with Gasteiger partial charge in [-0.2, -0.15) is 0 Å². The van der Waals surface area contributed by atoms with Gasteiger partial charge < -0.3 is 9.13 Å². The smallest absolute Gasteiger partial charge is 0.280 e. The zero-order valence-corrected chi connectivity index (χ0v) is 13.3. The molecule has 2 heterocycles. The van der Waals surface area contributed by atoms with Gasteiger partial charge in [-0.1, -0.05) is 19.9 Å². The van der Waals surface area contributed by atoms with Crippen LogP contribution in [-0.2, 0) is 22.1 Å². The number of hydrogen-bond donors (Lipinski definition) is 0. The summed E-state index contributed by atoms with van der Waals surface area (Å²) in [6.07, 6.45) is 3.10. The number of hydrogen-bond acceptors (Lipinski definition) is 4. The first kappa shape index (κ1) is 15.8. The summed E-state index contributed by atoms with van der Waals surface area (Å²) in [7, 11) is 1.47. The van der Waals surface area contributed by atoms with Crippen molar-refractivity contribution in [1.82, 2.24) is 14.1 Å². The maximum absolute atomic E-state index is 11.6. The Morgan fingerprint density at radius 2 is 1.90 bits per heavy atom. The van der Waals surface area contributed by atoms with E-state index >= 15 is 0 Å². The minimum atomic E-state index is -3.86. The minimum Gasteiger partial charge on any atom is -0.331 e. The summed E-state index contributed by atoms with van der Waals surface area (Å²) in [6, 6.07) is 4.92. The molecule has 0 bridgehead atoms. The van der Waals surface area contributed by atoms with Crippen molar-refractivity contribution in [3.8, 4) is 0 Å². The van der Waals surface area contributed by atoms with Crippen LogP contribution >= 0.6 is 10.7 Å². The highest BCUT2D eigenvalue weighted by molar-refractivity contribution is 8.13. The summed E-state index contributed by atoms with van der Waals surface area (Å²) in [6.45, 7) is 4.70. The molecule has 21 heavy (non-hydrogen) atoms. The molecule has 8 heteroatoms. The molecule has 0 radical (unpaired) electrons. The highest BCUT2D eigenvalue weighted by atomic mass is 35.7. The predicted octanol–water partition coefficient (Wildman–Crippen LogP) is 1.80. The van der Waals surface area contributed by atoms with Crippen LogP contribution in [0.15, 0.2) is 40.4 Å². The molecule has 2 aromatic rings. The number of halogens is 1. The van der Waals surface area contributed by atoms with Crippen LogP contribution in [0, 0.1) is 0 Å². The summed E-state index contributed by atoms with van der Waals surface area (Å²) in [4.78, 5) is 15.7.